The van der Waals surface area contributed by atoms with E-state index in [9.17, 15) is 4.79 Å². The largest absolute Gasteiger partial charge is 0.339 e. The zero-order valence-electron chi connectivity index (χ0n) is 14.7. The molecular formula is C19H29N3O. The van der Waals surface area contributed by atoms with Gasteiger partial charge in [0.1, 0.15) is 0 Å². The summed E-state index contributed by atoms with van der Waals surface area (Å²) in [6.07, 6.45) is 4.96. The van der Waals surface area contributed by atoms with Gasteiger partial charge in [0.15, 0.2) is 0 Å². The molecule has 0 unspecified atom stereocenters. The smallest absolute Gasteiger partial charge is 0.253 e. The Morgan fingerprint density at radius 3 is 2.22 bits per heavy atom. The lowest BCUT2D eigenvalue weighted by molar-refractivity contribution is 0.0624. The standard InChI is InChI=1S/C19H29N3O/c1-14-12-18(13-15(2)20-14)19(23)22-10-6-17(7-11-22)16(3)21-8-4-5-9-21/h12-13,16-17H,4-11H2,1-3H3/t16-/m1/s1. The lowest BCUT2D eigenvalue weighted by Gasteiger charge is -2.38. The van der Waals surface area contributed by atoms with E-state index in [1.807, 2.05) is 30.9 Å². The van der Waals surface area contributed by atoms with Crippen LogP contribution in [0, 0.1) is 19.8 Å². The third kappa shape index (κ3) is 3.74. The average molecular weight is 315 g/mol. The van der Waals surface area contributed by atoms with E-state index >= 15 is 0 Å². The van der Waals surface area contributed by atoms with Crippen molar-refractivity contribution in [3.8, 4) is 0 Å². The Bertz CT molecular complexity index is 537. The van der Waals surface area contributed by atoms with Crippen LogP contribution < -0.4 is 0 Å². The van der Waals surface area contributed by atoms with Gasteiger partial charge in [-0.25, -0.2) is 0 Å². The Kier molecular flexibility index (Phi) is 5.00. The van der Waals surface area contributed by atoms with Gasteiger partial charge in [-0.1, -0.05) is 0 Å². The Morgan fingerprint density at radius 1 is 1.09 bits per heavy atom. The number of nitrogens with zero attached hydrogens (tertiary/aromatic N) is 3. The Labute approximate surface area is 139 Å². The van der Waals surface area contributed by atoms with Crippen LogP contribution in [0.3, 0.4) is 0 Å². The molecule has 4 heteroatoms. The fourth-order valence-electron chi connectivity index (χ4n) is 4.17. The predicted molar refractivity (Wildman–Crippen MR) is 92.6 cm³/mol. The third-order valence-corrected chi connectivity index (χ3v) is 5.55. The molecule has 1 aromatic heterocycles. The summed E-state index contributed by atoms with van der Waals surface area (Å²) in [4.78, 5) is 21.8. The first-order chi connectivity index (χ1) is 11.0. The zero-order valence-corrected chi connectivity index (χ0v) is 14.7. The molecule has 0 N–H and O–H groups in total. The minimum atomic E-state index is 0.172. The second-order valence-electron chi connectivity index (χ2n) is 7.25. The van der Waals surface area contributed by atoms with Gasteiger partial charge in [0.2, 0.25) is 0 Å². The SMILES string of the molecule is Cc1cc(C(=O)N2CCC([C@@H](C)N3CCCC3)CC2)cc(C)n1. The molecule has 2 saturated heterocycles. The van der Waals surface area contributed by atoms with Gasteiger partial charge >= 0.3 is 0 Å². The molecule has 1 amide bonds. The summed E-state index contributed by atoms with van der Waals surface area (Å²) in [7, 11) is 0. The molecule has 23 heavy (non-hydrogen) atoms. The van der Waals surface area contributed by atoms with Crippen molar-refractivity contribution in [3.05, 3.63) is 29.1 Å². The molecule has 4 nitrogen and oxygen atoms in total. The van der Waals surface area contributed by atoms with Crippen LogP contribution in [0.5, 0.6) is 0 Å². The van der Waals surface area contributed by atoms with Crippen molar-refractivity contribution in [2.75, 3.05) is 26.2 Å². The second kappa shape index (κ2) is 7.00. The van der Waals surface area contributed by atoms with Gasteiger partial charge in [-0.3, -0.25) is 9.78 Å². The molecule has 2 aliphatic heterocycles. The molecular weight excluding hydrogens is 286 g/mol. The number of amides is 1. The number of hydrogen-bond donors (Lipinski definition) is 0. The Morgan fingerprint density at radius 2 is 1.65 bits per heavy atom. The molecule has 0 saturated carbocycles. The number of carbonyl (C=O) groups is 1. The van der Waals surface area contributed by atoms with E-state index in [-0.39, 0.29) is 5.91 Å². The first-order valence-electron chi connectivity index (χ1n) is 9.03. The number of pyridine rings is 1. The molecule has 0 bridgehead atoms. The highest BCUT2D eigenvalue weighted by atomic mass is 16.2. The summed E-state index contributed by atoms with van der Waals surface area (Å²) in [6, 6.07) is 4.49. The molecule has 1 aromatic rings. The van der Waals surface area contributed by atoms with Crippen LogP contribution in [-0.4, -0.2) is 52.9 Å². The van der Waals surface area contributed by atoms with E-state index in [1.165, 1.54) is 25.9 Å². The number of rotatable bonds is 3. The molecule has 3 rings (SSSR count). The van der Waals surface area contributed by atoms with Gasteiger partial charge in [-0.05, 0) is 77.6 Å². The van der Waals surface area contributed by atoms with Crippen molar-refractivity contribution >= 4 is 5.91 Å². The Hall–Kier alpha value is -1.42. The van der Waals surface area contributed by atoms with Gasteiger partial charge in [-0.15, -0.1) is 0 Å². The fourth-order valence-corrected chi connectivity index (χ4v) is 4.17. The normalized spacial score (nSPS) is 21.6. The highest BCUT2D eigenvalue weighted by Crippen LogP contribution is 2.27. The van der Waals surface area contributed by atoms with E-state index in [4.69, 9.17) is 0 Å². The van der Waals surface area contributed by atoms with Crippen molar-refractivity contribution in [2.24, 2.45) is 5.92 Å². The van der Waals surface area contributed by atoms with Gasteiger partial charge in [0.25, 0.3) is 5.91 Å². The minimum absolute atomic E-state index is 0.172. The first-order valence-corrected chi connectivity index (χ1v) is 9.03. The quantitative estimate of drug-likeness (QED) is 0.860. The topological polar surface area (TPSA) is 36.4 Å². The maximum atomic E-state index is 12.7. The van der Waals surface area contributed by atoms with E-state index < -0.39 is 0 Å². The number of carbonyl (C=O) groups excluding carboxylic acids is 1. The molecule has 1 atom stereocenters. The van der Waals surface area contributed by atoms with Gasteiger partial charge in [0, 0.05) is 36.1 Å². The molecule has 126 valence electrons. The number of aromatic nitrogens is 1. The maximum Gasteiger partial charge on any atom is 0.253 e. The van der Waals surface area contributed by atoms with Crippen molar-refractivity contribution in [1.82, 2.24) is 14.8 Å². The number of likely N-dealkylation sites (tertiary alicyclic amines) is 2. The first kappa shape index (κ1) is 16.4. The summed E-state index contributed by atoms with van der Waals surface area (Å²) < 4.78 is 0. The average Bonchev–Trinajstić information content (AvgIpc) is 3.07. The Balaban J connectivity index is 1.58. The van der Waals surface area contributed by atoms with Crippen molar-refractivity contribution in [2.45, 2.75) is 52.5 Å². The molecule has 0 radical (unpaired) electrons. The predicted octanol–water partition coefficient (Wildman–Crippen LogP) is 3.03. The van der Waals surface area contributed by atoms with E-state index in [0.717, 1.165) is 48.8 Å². The van der Waals surface area contributed by atoms with Crippen LogP contribution in [0.2, 0.25) is 0 Å². The lowest BCUT2D eigenvalue weighted by Crippen LogP contribution is -2.45. The lowest BCUT2D eigenvalue weighted by atomic mass is 9.89. The van der Waals surface area contributed by atoms with Gasteiger partial charge < -0.3 is 9.80 Å². The maximum absolute atomic E-state index is 12.7. The summed E-state index contributed by atoms with van der Waals surface area (Å²) in [6.45, 7) is 10.6. The molecule has 0 aliphatic carbocycles. The number of aryl methyl sites for hydroxylation is 2. The van der Waals surface area contributed by atoms with E-state index in [1.54, 1.807) is 0 Å². The van der Waals surface area contributed by atoms with Gasteiger partial charge in [-0.2, -0.15) is 0 Å². The van der Waals surface area contributed by atoms with Gasteiger partial charge in [0.05, 0.1) is 0 Å². The number of hydrogen-bond acceptors (Lipinski definition) is 3. The summed E-state index contributed by atoms with van der Waals surface area (Å²) in [5.74, 6) is 0.906. The second-order valence-corrected chi connectivity index (χ2v) is 7.25. The van der Waals surface area contributed by atoms with Crippen LogP contribution in [0.1, 0.15) is 54.4 Å². The van der Waals surface area contributed by atoms with Crippen LogP contribution >= 0.6 is 0 Å². The van der Waals surface area contributed by atoms with E-state index in [0.29, 0.717) is 6.04 Å². The van der Waals surface area contributed by atoms with Crippen LogP contribution in [-0.2, 0) is 0 Å². The summed E-state index contributed by atoms with van der Waals surface area (Å²) in [5.41, 5.74) is 2.64. The van der Waals surface area contributed by atoms with Crippen LogP contribution in [0.15, 0.2) is 12.1 Å². The van der Waals surface area contributed by atoms with Crippen LogP contribution in [0.4, 0.5) is 0 Å². The number of piperidine rings is 1. The monoisotopic (exact) mass is 315 g/mol. The van der Waals surface area contributed by atoms with Crippen molar-refractivity contribution in [1.29, 1.82) is 0 Å². The summed E-state index contributed by atoms with van der Waals surface area (Å²) >= 11 is 0. The zero-order chi connectivity index (χ0) is 16.4. The highest BCUT2D eigenvalue weighted by Gasteiger charge is 2.30. The van der Waals surface area contributed by atoms with Crippen molar-refractivity contribution in [3.63, 3.8) is 0 Å². The van der Waals surface area contributed by atoms with Crippen molar-refractivity contribution < 1.29 is 4.79 Å². The fraction of sp³-hybridized carbons (Fsp3) is 0.684. The highest BCUT2D eigenvalue weighted by molar-refractivity contribution is 5.94. The summed E-state index contributed by atoms with van der Waals surface area (Å²) in [5, 5.41) is 0. The molecule has 2 aliphatic rings. The molecule has 2 fully saturated rings. The van der Waals surface area contributed by atoms with E-state index in [2.05, 4.69) is 16.8 Å². The minimum Gasteiger partial charge on any atom is -0.339 e. The third-order valence-electron chi connectivity index (χ3n) is 5.55. The molecule has 3 heterocycles. The molecule has 0 spiro atoms. The molecule has 0 aromatic carbocycles. The van der Waals surface area contributed by atoms with Crippen LogP contribution in [0.25, 0.3) is 0 Å².